The summed E-state index contributed by atoms with van der Waals surface area (Å²) in [7, 11) is -3.42. The molecule has 2 heterocycles. The topological polar surface area (TPSA) is 98.3 Å². The Morgan fingerprint density at radius 1 is 1.58 bits per heavy atom. The number of hydrogen-bond donors (Lipinski definition) is 0. The number of rotatable bonds is 3. The van der Waals surface area contributed by atoms with E-state index in [0.29, 0.717) is 0 Å². The number of sulfonamides is 1. The Morgan fingerprint density at radius 3 is 2.74 bits per heavy atom. The molecule has 0 radical (unpaired) electrons. The molecule has 2 rings (SSSR count). The fourth-order valence-electron chi connectivity index (χ4n) is 2.07. The highest BCUT2D eigenvalue weighted by Crippen LogP contribution is 2.27. The van der Waals surface area contributed by atoms with Crippen LogP contribution in [0, 0.1) is 10.1 Å². The van der Waals surface area contributed by atoms with E-state index in [1.807, 2.05) is 0 Å². The molecule has 0 saturated carbocycles. The minimum atomic E-state index is -3.42. The third-order valence-corrected chi connectivity index (χ3v) is 4.35. The van der Waals surface area contributed by atoms with E-state index in [4.69, 9.17) is 0 Å². The molecule has 1 aromatic heterocycles. The van der Waals surface area contributed by atoms with Gasteiger partial charge in [-0.05, 0) is 6.42 Å². The smallest absolute Gasteiger partial charge is 0.259 e. The van der Waals surface area contributed by atoms with Crippen molar-refractivity contribution in [1.29, 1.82) is 0 Å². The second kappa shape index (κ2) is 4.85. The molecule has 19 heavy (non-hydrogen) atoms. The average Bonchev–Trinajstić information content (AvgIpc) is 2.76. The molecule has 1 aromatic rings. The van der Waals surface area contributed by atoms with Gasteiger partial charge in [0.2, 0.25) is 10.0 Å². The van der Waals surface area contributed by atoms with Crippen LogP contribution in [0.5, 0.6) is 0 Å². The van der Waals surface area contributed by atoms with Gasteiger partial charge >= 0.3 is 5.69 Å². The molecular formula is C9H13FN4O4S. The van der Waals surface area contributed by atoms with Crippen LogP contribution >= 0.6 is 0 Å². The number of aromatic nitrogens is 2. The second-order valence-corrected chi connectivity index (χ2v) is 6.41. The number of nitrogens with zero attached hydrogens (tertiary/aromatic N) is 4. The molecule has 8 nitrogen and oxygen atoms in total. The summed E-state index contributed by atoms with van der Waals surface area (Å²) in [6.45, 7) is -0.0747. The van der Waals surface area contributed by atoms with Crippen LogP contribution < -0.4 is 0 Å². The Bertz CT molecular complexity index is 587. The predicted octanol–water partition coefficient (Wildman–Crippen LogP) is 0.336. The highest BCUT2D eigenvalue weighted by molar-refractivity contribution is 7.88. The van der Waals surface area contributed by atoms with E-state index in [0.717, 1.165) is 23.0 Å². The van der Waals surface area contributed by atoms with Crippen LogP contribution in [0.15, 0.2) is 12.4 Å². The summed E-state index contributed by atoms with van der Waals surface area (Å²) in [4.78, 5) is 9.92. The molecule has 1 fully saturated rings. The van der Waals surface area contributed by atoms with Crippen LogP contribution in [0.4, 0.5) is 10.1 Å². The van der Waals surface area contributed by atoms with Crippen molar-refractivity contribution >= 4 is 15.7 Å². The van der Waals surface area contributed by atoms with Gasteiger partial charge in [0.05, 0.1) is 17.2 Å². The van der Waals surface area contributed by atoms with E-state index in [-0.39, 0.29) is 25.2 Å². The quantitative estimate of drug-likeness (QED) is 0.591. The zero-order valence-electron chi connectivity index (χ0n) is 10.1. The van der Waals surface area contributed by atoms with Gasteiger partial charge in [0.25, 0.3) is 0 Å². The molecule has 0 aliphatic carbocycles. The fraction of sp³-hybridized carbons (Fsp3) is 0.667. The first-order valence-corrected chi connectivity index (χ1v) is 7.41. The fourth-order valence-corrected chi connectivity index (χ4v) is 2.92. The van der Waals surface area contributed by atoms with Crippen LogP contribution in [0.25, 0.3) is 0 Å². The van der Waals surface area contributed by atoms with Crippen molar-refractivity contribution in [2.24, 2.45) is 0 Å². The van der Waals surface area contributed by atoms with Crippen LogP contribution in [-0.4, -0.2) is 52.9 Å². The van der Waals surface area contributed by atoms with Crippen molar-refractivity contribution in [2.45, 2.75) is 18.6 Å². The maximum Gasteiger partial charge on any atom is 0.307 e. The number of nitro groups is 1. The van der Waals surface area contributed by atoms with Gasteiger partial charge in [0.15, 0.2) is 0 Å². The monoisotopic (exact) mass is 292 g/mol. The lowest BCUT2D eigenvalue weighted by molar-refractivity contribution is -0.385. The lowest BCUT2D eigenvalue weighted by Gasteiger charge is -2.32. The van der Waals surface area contributed by atoms with Crippen LogP contribution in [0.2, 0.25) is 0 Å². The summed E-state index contributed by atoms with van der Waals surface area (Å²) >= 11 is 0. The zero-order chi connectivity index (χ0) is 14.2. The molecule has 0 N–H and O–H groups in total. The maximum absolute atomic E-state index is 14.0. The summed E-state index contributed by atoms with van der Waals surface area (Å²) in [5, 5.41) is 14.3. The molecule has 0 amide bonds. The number of hydrogen-bond acceptors (Lipinski definition) is 5. The van der Waals surface area contributed by atoms with Crippen LogP contribution in [0.1, 0.15) is 12.5 Å². The van der Waals surface area contributed by atoms with Gasteiger partial charge in [-0.25, -0.2) is 12.8 Å². The predicted molar refractivity (Wildman–Crippen MR) is 63.8 cm³/mol. The Kier molecular flexibility index (Phi) is 3.54. The summed E-state index contributed by atoms with van der Waals surface area (Å²) in [6, 6.07) is -0.674. The molecule has 1 aliphatic rings. The normalized spacial score (nSPS) is 25.4. The minimum Gasteiger partial charge on any atom is -0.259 e. The first-order valence-electron chi connectivity index (χ1n) is 5.57. The van der Waals surface area contributed by atoms with Gasteiger partial charge in [-0.1, -0.05) is 0 Å². The van der Waals surface area contributed by atoms with Gasteiger partial charge < -0.3 is 0 Å². The molecule has 10 heteroatoms. The molecule has 1 saturated heterocycles. The Hall–Kier alpha value is -1.55. The highest BCUT2D eigenvalue weighted by atomic mass is 32.2. The molecule has 1 aliphatic heterocycles. The van der Waals surface area contributed by atoms with E-state index in [9.17, 15) is 22.9 Å². The van der Waals surface area contributed by atoms with Gasteiger partial charge in [-0.2, -0.15) is 9.40 Å². The second-order valence-electron chi connectivity index (χ2n) is 4.43. The Labute approximate surface area is 109 Å². The van der Waals surface area contributed by atoms with Crippen molar-refractivity contribution in [1.82, 2.24) is 14.1 Å². The van der Waals surface area contributed by atoms with E-state index >= 15 is 0 Å². The molecule has 106 valence electrons. The van der Waals surface area contributed by atoms with Gasteiger partial charge in [-0.15, -0.1) is 0 Å². The van der Waals surface area contributed by atoms with E-state index in [2.05, 4.69) is 5.10 Å². The van der Waals surface area contributed by atoms with Crippen molar-refractivity contribution < 1.29 is 17.7 Å². The maximum atomic E-state index is 14.0. The first-order chi connectivity index (χ1) is 8.79. The van der Waals surface area contributed by atoms with Crippen LogP contribution in [-0.2, 0) is 10.0 Å². The van der Waals surface area contributed by atoms with E-state index < -0.39 is 27.2 Å². The molecule has 0 spiro atoms. The van der Waals surface area contributed by atoms with Gasteiger partial charge in [-0.3, -0.25) is 14.8 Å². The summed E-state index contributed by atoms with van der Waals surface area (Å²) < 4.78 is 38.9. The molecule has 0 aromatic carbocycles. The van der Waals surface area contributed by atoms with Crippen LogP contribution in [0.3, 0.4) is 0 Å². The standard InChI is InChI=1S/C9H13FN4O4S/c1-19(17,18)12-3-2-9(8(10)6-12)13-5-7(4-11-13)14(15)16/h4-5,8-9H,2-3,6H2,1H3/t8-,9-/m1/s1. The average molecular weight is 292 g/mol. The SMILES string of the molecule is CS(=O)(=O)N1CC[C@@H](n2cc([N+](=O)[O-])cn2)[C@H](F)C1. The number of alkyl halides is 1. The largest absolute Gasteiger partial charge is 0.307 e. The minimum absolute atomic E-state index is 0.178. The van der Waals surface area contributed by atoms with Crippen molar-refractivity contribution in [3.05, 3.63) is 22.5 Å². The summed E-state index contributed by atoms with van der Waals surface area (Å²) in [5.41, 5.74) is -0.210. The Balaban J connectivity index is 2.13. The third kappa shape index (κ3) is 2.89. The lowest BCUT2D eigenvalue weighted by Crippen LogP contribution is -2.45. The van der Waals surface area contributed by atoms with E-state index in [1.165, 1.54) is 4.68 Å². The first kappa shape index (κ1) is 13.9. The van der Waals surface area contributed by atoms with Gasteiger partial charge in [0, 0.05) is 13.1 Å². The lowest BCUT2D eigenvalue weighted by atomic mass is 10.1. The Morgan fingerprint density at radius 2 is 2.26 bits per heavy atom. The molecule has 2 atom stereocenters. The molecular weight excluding hydrogens is 279 g/mol. The number of piperidine rings is 1. The van der Waals surface area contributed by atoms with Gasteiger partial charge in [0.1, 0.15) is 18.6 Å². The summed E-state index contributed by atoms with van der Waals surface area (Å²) in [6.07, 6.45) is 2.03. The zero-order valence-corrected chi connectivity index (χ0v) is 11.0. The van der Waals surface area contributed by atoms with E-state index in [1.54, 1.807) is 0 Å². The van der Waals surface area contributed by atoms with Crippen molar-refractivity contribution in [3.8, 4) is 0 Å². The van der Waals surface area contributed by atoms with Crippen molar-refractivity contribution in [3.63, 3.8) is 0 Å². The third-order valence-electron chi connectivity index (χ3n) is 3.08. The number of halogens is 1. The summed E-state index contributed by atoms with van der Waals surface area (Å²) in [5.74, 6) is 0. The van der Waals surface area contributed by atoms with Crippen molar-refractivity contribution in [2.75, 3.05) is 19.3 Å². The molecule has 0 bridgehead atoms. The molecule has 0 unspecified atom stereocenters. The highest BCUT2D eigenvalue weighted by Gasteiger charge is 2.35.